The number of carbonyl (C=O) groups is 2. The Morgan fingerprint density at radius 3 is 2.70 bits per heavy atom. The highest BCUT2D eigenvalue weighted by molar-refractivity contribution is 5.86. The molecule has 1 fully saturated rings. The van der Waals surface area contributed by atoms with Crippen molar-refractivity contribution >= 4 is 12.0 Å². The number of carboxylic acids is 1. The molecule has 1 aliphatic carbocycles. The molecule has 6 heteroatoms. The van der Waals surface area contributed by atoms with E-state index >= 15 is 0 Å². The number of urea groups is 1. The zero-order valence-electron chi connectivity index (χ0n) is 12.7. The molecule has 0 heterocycles. The van der Waals surface area contributed by atoms with E-state index in [1.165, 1.54) is 0 Å². The average molecular weight is 285 g/mol. The molecule has 0 spiro atoms. The highest BCUT2D eigenvalue weighted by atomic mass is 16.4. The van der Waals surface area contributed by atoms with Crippen LogP contribution >= 0.6 is 0 Å². The van der Waals surface area contributed by atoms with E-state index in [1.807, 2.05) is 14.0 Å². The lowest BCUT2D eigenvalue weighted by atomic mass is 9.76. The Morgan fingerprint density at radius 2 is 2.15 bits per heavy atom. The van der Waals surface area contributed by atoms with E-state index in [0.29, 0.717) is 25.3 Å². The minimum absolute atomic E-state index is 0.294. The molecule has 116 valence electrons. The van der Waals surface area contributed by atoms with Gasteiger partial charge in [-0.2, -0.15) is 0 Å². The van der Waals surface area contributed by atoms with Crippen molar-refractivity contribution < 1.29 is 14.7 Å². The highest BCUT2D eigenvalue weighted by Gasteiger charge is 2.43. The highest BCUT2D eigenvalue weighted by Crippen LogP contribution is 2.32. The molecule has 2 amide bonds. The molecule has 2 atom stereocenters. The van der Waals surface area contributed by atoms with Crippen LogP contribution in [-0.4, -0.2) is 54.7 Å². The third-order valence-corrected chi connectivity index (χ3v) is 4.02. The maximum atomic E-state index is 12.2. The second-order valence-electron chi connectivity index (χ2n) is 5.90. The Labute approximate surface area is 120 Å². The summed E-state index contributed by atoms with van der Waals surface area (Å²) in [6, 6.07) is -0.294. The fraction of sp³-hybridized carbons (Fsp3) is 0.857. The van der Waals surface area contributed by atoms with Gasteiger partial charge in [-0.25, -0.2) is 9.59 Å². The summed E-state index contributed by atoms with van der Waals surface area (Å²) >= 11 is 0. The van der Waals surface area contributed by atoms with Crippen molar-refractivity contribution in [2.24, 2.45) is 5.92 Å². The second kappa shape index (κ2) is 7.47. The van der Waals surface area contributed by atoms with E-state index in [-0.39, 0.29) is 6.03 Å². The molecule has 2 unspecified atom stereocenters. The average Bonchev–Trinajstić information content (AvgIpc) is 2.38. The third-order valence-electron chi connectivity index (χ3n) is 4.02. The smallest absolute Gasteiger partial charge is 0.329 e. The van der Waals surface area contributed by atoms with Crippen LogP contribution in [0.4, 0.5) is 4.79 Å². The van der Waals surface area contributed by atoms with Crippen LogP contribution in [-0.2, 0) is 4.79 Å². The van der Waals surface area contributed by atoms with Crippen molar-refractivity contribution in [1.82, 2.24) is 15.5 Å². The van der Waals surface area contributed by atoms with Crippen molar-refractivity contribution in [3.05, 3.63) is 0 Å². The molecule has 20 heavy (non-hydrogen) atoms. The Morgan fingerprint density at radius 1 is 1.45 bits per heavy atom. The number of nitrogens with one attached hydrogen (secondary N) is 2. The number of nitrogens with zero attached hydrogens (tertiary/aromatic N) is 1. The summed E-state index contributed by atoms with van der Waals surface area (Å²) in [5, 5.41) is 15.3. The number of rotatable bonds is 6. The van der Waals surface area contributed by atoms with E-state index in [1.54, 1.807) is 11.9 Å². The molecule has 1 aliphatic rings. The normalized spacial score (nSPS) is 26.1. The first-order valence-corrected chi connectivity index (χ1v) is 7.32. The number of carboxylic acid groups (broad SMARTS) is 1. The number of carbonyl (C=O) groups excluding carboxylic acids is 1. The quantitative estimate of drug-likeness (QED) is 0.642. The standard InChI is InChI=1S/C14H27N3O3/c1-11-6-4-7-14(10-11,12(18)19)16-13(20)17(3)9-5-8-15-2/h11,15H,4-10H2,1-3H3,(H,16,20)(H,18,19). The number of hydrogen-bond donors (Lipinski definition) is 3. The molecule has 3 N–H and O–H groups in total. The minimum atomic E-state index is -1.09. The predicted molar refractivity (Wildman–Crippen MR) is 77.7 cm³/mol. The topological polar surface area (TPSA) is 81.7 Å². The summed E-state index contributed by atoms with van der Waals surface area (Å²) in [7, 11) is 3.57. The van der Waals surface area contributed by atoms with Crippen molar-refractivity contribution in [3.63, 3.8) is 0 Å². The maximum Gasteiger partial charge on any atom is 0.329 e. The van der Waals surface area contributed by atoms with Gasteiger partial charge >= 0.3 is 12.0 Å². The summed E-state index contributed by atoms with van der Waals surface area (Å²) < 4.78 is 0. The minimum Gasteiger partial charge on any atom is -0.480 e. The molecule has 0 bridgehead atoms. The monoisotopic (exact) mass is 285 g/mol. The Kier molecular flexibility index (Phi) is 6.26. The fourth-order valence-corrected chi connectivity index (χ4v) is 2.81. The van der Waals surface area contributed by atoms with Crippen LogP contribution in [0.15, 0.2) is 0 Å². The molecular weight excluding hydrogens is 258 g/mol. The molecule has 0 aromatic heterocycles. The van der Waals surface area contributed by atoms with Crippen molar-refractivity contribution in [2.75, 3.05) is 27.2 Å². The number of hydrogen-bond acceptors (Lipinski definition) is 3. The second-order valence-corrected chi connectivity index (χ2v) is 5.90. The van der Waals surface area contributed by atoms with Gasteiger partial charge in [0.05, 0.1) is 0 Å². The summed E-state index contributed by atoms with van der Waals surface area (Å²) in [6.45, 7) is 3.48. The molecule has 0 radical (unpaired) electrons. The van der Waals surface area contributed by atoms with Gasteiger partial charge in [-0.3, -0.25) is 0 Å². The molecular formula is C14H27N3O3. The van der Waals surface area contributed by atoms with E-state index in [2.05, 4.69) is 10.6 Å². The Balaban J connectivity index is 2.61. The van der Waals surface area contributed by atoms with Crippen molar-refractivity contribution in [1.29, 1.82) is 0 Å². The molecule has 0 aromatic rings. The SMILES string of the molecule is CNCCCN(C)C(=O)NC1(C(=O)O)CCCC(C)C1. The molecule has 0 saturated heterocycles. The summed E-state index contributed by atoms with van der Waals surface area (Å²) in [5.74, 6) is -0.587. The first-order chi connectivity index (χ1) is 9.41. The van der Waals surface area contributed by atoms with Crippen LogP contribution < -0.4 is 10.6 Å². The van der Waals surface area contributed by atoms with Crippen LogP contribution in [0.2, 0.25) is 0 Å². The van der Waals surface area contributed by atoms with Gasteiger partial charge in [0.25, 0.3) is 0 Å². The number of amides is 2. The molecule has 6 nitrogen and oxygen atoms in total. The van der Waals surface area contributed by atoms with Gasteiger partial charge in [0, 0.05) is 13.6 Å². The van der Waals surface area contributed by atoms with Gasteiger partial charge in [-0.15, -0.1) is 0 Å². The first kappa shape index (κ1) is 16.8. The van der Waals surface area contributed by atoms with Crippen molar-refractivity contribution in [2.45, 2.75) is 44.6 Å². The van der Waals surface area contributed by atoms with Crippen LogP contribution in [0.1, 0.15) is 39.0 Å². The van der Waals surface area contributed by atoms with Gasteiger partial charge in [0.15, 0.2) is 0 Å². The van der Waals surface area contributed by atoms with Gasteiger partial charge in [-0.1, -0.05) is 19.8 Å². The molecule has 1 saturated carbocycles. The van der Waals surface area contributed by atoms with E-state index in [9.17, 15) is 14.7 Å². The lowest BCUT2D eigenvalue weighted by Gasteiger charge is -2.38. The lowest BCUT2D eigenvalue weighted by Crippen LogP contribution is -2.59. The molecule has 0 aliphatic heterocycles. The largest absolute Gasteiger partial charge is 0.480 e. The predicted octanol–water partition coefficient (Wildman–Crippen LogP) is 1.27. The van der Waals surface area contributed by atoms with Gasteiger partial charge < -0.3 is 20.6 Å². The van der Waals surface area contributed by atoms with Crippen LogP contribution in [0, 0.1) is 5.92 Å². The summed E-state index contributed by atoms with van der Waals surface area (Å²) in [5.41, 5.74) is -1.09. The molecule has 1 rings (SSSR count). The third kappa shape index (κ3) is 4.37. The Bertz CT molecular complexity index is 349. The van der Waals surface area contributed by atoms with Crippen LogP contribution in [0.25, 0.3) is 0 Å². The first-order valence-electron chi connectivity index (χ1n) is 7.32. The van der Waals surface area contributed by atoms with E-state index in [4.69, 9.17) is 0 Å². The van der Waals surface area contributed by atoms with Crippen LogP contribution in [0.3, 0.4) is 0 Å². The summed E-state index contributed by atoms with van der Waals surface area (Å²) in [4.78, 5) is 25.3. The summed E-state index contributed by atoms with van der Waals surface area (Å²) in [6.07, 6.45) is 3.75. The fourth-order valence-electron chi connectivity index (χ4n) is 2.81. The van der Waals surface area contributed by atoms with Crippen molar-refractivity contribution in [3.8, 4) is 0 Å². The van der Waals surface area contributed by atoms with Gasteiger partial charge in [0.1, 0.15) is 5.54 Å². The lowest BCUT2D eigenvalue weighted by molar-refractivity contribution is -0.146. The Hall–Kier alpha value is -1.30. The maximum absolute atomic E-state index is 12.2. The van der Waals surface area contributed by atoms with Gasteiger partial charge in [-0.05, 0) is 38.8 Å². The van der Waals surface area contributed by atoms with Crippen LogP contribution in [0.5, 0.6) is 0 Å². The molecule has 0 aromatic carbocycles. The van der Waals surface area contributed by atoms with Gasteiger partial charge in [0.2, 0.25) is 0 Å². The van der Waals surface area contributed by atoms with E-state index in [0.717, 1.165) is 25.8 Å². The van der Waals surface area contributed by atoms with E-state index < -0.39 is 11.5 Å². The zero-order valence-corrected chi connectivity index (χ0v) is 12.7. The number of aliphatic carboxylic acids is 1. The zero-order chi connectivity index (χ0) is 15.2.